The third-order valence-electron chi connectivity index (χ3n) is 1.41. The standard InChI is InChI=1S/C7H5ClFNO4S/c1-14-7(11)5-2-4(9)3-6(10-5)15(8,12)13/h2-3H,1H3. The molecule has 0 aliphatic rings. The maximum absolute atomic E-state index is 12.9. The number of aromatic nitrogens is 1. The van der Waals surface area contributed by atoms with Gasteiger partial charge in [-0.3, -0.25) is 0 Å². The highest BCUT2D eigenvalue weighted by Gasteiger charge is 2.18. The van der Waals surface area contributed by atoms with Crippen molar-refractivity contribution in [2.75, 3.05) is 7.11 Å². The van der Waals surface area contributed by atoms with E-state index in [0.29, 0.717) is 6.07 Å². The van der Waals surface area contributed by atoms with Gasteiger partial charge < -0.3 is 4.74 Å². The number of esters is 1. The highest BCUT2D eigenvalue weighted by molar-refractivity contribution is 8.13. The SMILES string of the molecule is COC(=O)c1cc(F)cc(S(=O)(=O)Cl)n1. The Hall–Kier alpha value is -1.21. The van der Waals surface area contributed by atoms with Gasteiger partial charge in [0.05, 0.1) is 7.11 Å². The maximum atomic E-state index is 12.9. The van der Waals surface area contributed by atoms with E-state index in [1.807, 2.05) is 0 Å². The molecule has 8 heteroatoms. The first-order chi connectivity index (χ1) is 6.84. The smallest absolute Gasteiger partial charge is 0.356 e. The molecule has 15 heavy (non-hydrogen) atoms. The maximum Gasteiger partial charge on any atom is 0.356 e. The van der Waals surface area contributed by atoms with Gasteiger partial charge in [0.1, 0.15) is 5.82 Å². The summed E-state index contributed by atoms with van der Waals surface area (Å²) in [5.74, 6) is -1.89. The zero-order valence-electron chi connectivity index (χ0n) is 7.40. The lowest BCUT2D eigenvalue weighted by Gasteiger charge is -2.00. The summed E-state index contributed by atoms with van der Waals surface area (Å²) in [6.07, 6.45) is 0. The minimum atomic E-state index is -4.18. The van der Waals surface area contributed by atoms with Crippen LogP contribution < -0.4 is 0 Å². The molecule has 0 atom stereocenters. The van der Waals surface area contributed by atoms with Crippen LogP contribution in [0.1, 0.15) is 10.5 Å². The number of ether oxygens (including phenoxy) is 1. The lowest BCUT2D eigenvalue weighted by atomic mass is 10.3. The van der Waals surface area contributed by atoms with Gasteiger partial charge in [-0.1, -0.05) is 0 Å². The Kier molecular flexibility index (Phi) is 3.25. The molecule has 0 fully saturated rings. The van der Waals surface area contributed by atoms with E-state index in [-0.39, 0.29) is 0 Å². The van der Waals surface area contributed by atoms with E-state index < -0.39 is 31.6 Å². The lowest BCUT2D eigenvalue weighted by Crippen LogP contribution is -2.08. The topological polar surface area (TPSA) is 73.3 Å². The molecule has 0 saturated carbocycles. The normalized spacial score (nSPS) is 11.1. The first-order valence-electron chi connectivity index (χ1n) is 3.55. The molecule has 0 spiro atoms. The van der Waals surface area contributed by atoms with Crippen LogP contribution in [-0.2, 0) is 13.8 Å². The van der Waals surface area contributed by atoms with Crippen molar-refractivity contribution < 1.29 is 22.3 Å². The van der Waals surface area contributed by atoms with Crippen LogP contribution in [0.4, 0.5) is 4.39 Å². The molecule has 0 amide bonds. The predicted molar refractivity (Wildman–Crippen MR) is 48.6 cm³/mol. The molecular weight excluding hydrogens is 249 g/mol. The van der Waals surface area contributed by atoms with Gasteiger partial charge in [0.2, 0.25) is 0 Å². The molecule has 0 aliphatic heterocycles. The van der Waals surface area contributed by atoms with E-state index in [0.717, 1.165) is 13.2 Å². The van der Waals surface area contributed by atoms with Crippen LogP contribution in [0, 0.1) is 5.82 Å². The van der Waals surface area contributed by atoms with Gasteiger partial charge >= 0.3 is 5.97 Å². The van der Waals surface area contributed by atoms with E-state index in [2.05, 4.69) is 9.72 Å². The molecule has 82 valence electrons. The van der Waals surface area contributed by atoms with E-state index in [4.69, 9.17) is 10.7 Å². The van der Waals surface area contributed by atoms with Crippen molar-refractivity contribution in [1.29, 1.82) is 0 Å². The predicted octanol–water partition coefficient (Wildman–Crippen LogP) is 0.935. The third-order valence-corrected chi connectivity index (χ3v) is 2.59. The summed E-state index contributed by atoms with van der Waals surface area (Å²) < 4.78 is 38.8. The molecule has 0 aromatic carbocycles. The van der Waals surface area contributed by atoms with Crippen LogP contribution in [0.2, 0.25) is 0 Å². The zero-order chi connectivity index (χ0) is 11.6. The molecule has 0 bridgehead atoms. The second kappa shape index (κ2) is 4.11. The van der Waals surface area contributed by atoms with Gasteiger partial charge in [0.25, 0.3) is 9.05 Å². The monoisotopic (exact) mass is 253 g/mol. The summed E-state index contributed by atoms with van der Waals surface area (Å²) in [7, 11) is 1.82. The van der Waals surface area contributed by atoms with Gasteiger partial charge in [-0.05, 0) is 0 Å². The number of carbonyl (C=O) groups is 1. The van der Waals surface area contributed by atoms with Crippen LogP contribution in [0.15, 0.2) is 17.2 Å². The van der Waals surface area contributed by atoms with Crippen LogP contribution in [-0.4, -0.2) is 26.5 Å². The third kappa shape index (κ3) is 2.87. The van der Waals surface area contributed by atoms with Gasteiger partial charge in [-0.2, -0.15) is 0 Å². The summed E-state index contributed by atoms with van der Waals surface area (Å²) in [6.45, 7) is 0. The molecule has 0 aliphatic carbocycles. The zero-order valence-corrected chi connectivity index (χ0v) is 8.97. The Balaban J connectivity index is 3.35. The van der Waals surface area contributed by atoms with Crippen LogP contribution in [0.3, 0.4) is 0 Å². The quantitative estimate of drug-likeness (QED) is 0.579. The number of carbonyl (C=O) groups excluding carboxylic acids is 1. The number of hydrogen-bond acceptors (Lipinski definition) is 5. The minimum Gasteiger partial charge on any atom is -0.464 e. The molecule has 0 unspecified atom stereocenters. The van der Waals surface area contributed by atoms with Crippen molar-refractivity contribution >= 4 is 25.7 Å². The first-order valence-corrected chi connectivity index (χ1v) is 5.86. The Morgan fingerprint density at radius 1 is 1.53 bits per heavy atom. The number of nitrogens with zero attached hydrogens (tertiary/aromatic N) is 1. The van der Waals surface area contributed by atoms with Crippen molar-refractivity contribution in [3.63, 3.8) is 0 Å². The minimum absolute atomic E-state index is 0.461. The lowest BCUT2D eigenvalue weighted by molar-refractivity contribution is 0.0592. The highest BCUT2D eigenvalue weighted by Crippen LogP contribution is 2.14. The number of methoxy groups -OCH3 is 1. The van der Waals surface area contributed by atoms with E-state index in [1.54, 1.807) is 0 Å². The second-order valence-corrected chi connectivity index (χ2v) is 4.95. The Morgan fingerprint density at radius 2 is 2.13 bits per heavy atom. The van der Waals surface area contributed by atoms with E-state index in [1.165, 1.54) is 0 Å². The van der Waals surface area contributed by atoms with Crippen molar-refractivity contribution in [3.05, 3.63) is 23.6 Å². The Labute approximate surface area is 89.3 Å². The Bertz CT molecular complexity index is 502. The van der Waals surface area contributed by atoms with Crippen LogP contribution in [0.25, 0.3) is 0 Å². The molecule has 1 rings (SSSR count). The average Bonchev–Trinajstić information content (AvgIpc) is 2.14. The van der Waals surface area contributed by atoms with Crippen molar-refractivity contribution in [2.45, 2.75) is 5.03 Å². The van der Waals surface area contributed by atoms with Gasteiger partial charge in [-0.25, -0.2) is 22.6 Å². The summed E-state index contributed by atoms with van der Waals surface area (Å²) in [5.41, 5.74) is -0.461. The molecule has 0 N–H and O–H groups in total. The van der Waals surface area contributed by atoms with Crippen molar-refractivity contribution in [2.24, 2.45) is 0 Å². The summed E-state index contributed by atoms with van der Waals surface area (Å²) >= 11 is 0. The number of rotatable bonds is 2. The van der Waals surface area contributed by atoms with Gasteiger partial charge in [0.15, 0.2) is 10.7 Å². The molecule has 0 radical (unpaired) electrons. The molecule has 5 nitrogen and oxygen atoms in total. The van der Waals surface area contributed by atoms with Crippen molar-refractivity contribution in [1.82, 2.24) is 4.98 Å². The van der Waals surface area contributed by atoms with Crippen LogP contribution >= 0.6 is 10.7 Å². The second-order valence-electron chi connectivity index (χ2n) is 2.44. The fraction of sp³-hybridized carbons (Fsp3) is 0.143. The number of pyridine rings is 1. The number of halogens is 2. The molecule has 1 aromatic heterocycles. The summed E-state index contributed by atoms with van der Waals surface area (Å²) in [5, 5.41) is -0.732. The fourth-order valence-electron chi connectivity index (χ4n) is 0.808. The van der Waals surface area contributed by atoms with Crippen LogP contribution in [0.5, 0.6) is 0 Å². The molecule has 1 heterocycles. The Morgan fingerprint density at radius 3 is 2.60 bits per heavy atom. The van der Waals surface area contributed by atoms with E-state index in [9.17, 15) is 17.6 Å². The molecule has 1 aromatic rings. The molecular formula is C7H5ClFNO4S. The van der Waals surface area contributed by atoms with Gasteiger partial charge in [-0.15, -0.1) is 0 Å². The fourth-order valence-corrected chi connectivity index (χ4v) is 1.51. The largest absolute Gasteiger partial charge is 0.464 e. The van der Waals surface area contributed by atoms with Crippen molar-refractivity contribution in [3.8, 4) is 0 Å². The van der Waals surface area contributed by atoms with Gasteiger partial charge in [0, 0.05) is 22.8 Å². The summed E-state index contributed by atoms with van der Waals surface area (Å²) in [6, 6.07) is 1.35. The average molecular weight is 254 g/mol. The number of hydrogen-bond donors (Lipinski definition) is 0. The first kappa shape index (κ1) is 11.9. The van der Waals surface area contributed by atoms with E-state index >= 15 is 0 Å². The summed E-state index contributed by atoms with van der Waals surface area (Å²) in [4.78, 5) is 14.3. The highest BCUT2D eigenvalue weighted by atomic mass is 35.7. The molecule has 0 saturated heterocycles.